The fraction of sp³-hybridized carbons (Fsp3) is 0.286. The molecule has 1 aromatic carbocycles. The van der Waals surface area contributed by atoms with Crippen molar-refractivity contribution in [2.45, 2.75) is 19.4 Å². The average molecular weight is 230 g/mol. The Morgan fingerprint density at radius 3 is 2.71 bits per heavy atom. The normalized spacial score (nSPS) is 23.9. The van der Waals surface area contributed by atoms with Gasteiger partial charge in [-0.3, -0.25) is 9.59 Å². The molecule has 3 nitrogen and oxygen atoms in total. The van der Waals surface area contributed by atoms with Crippen LogP contribution in [0.25, 0.3) is 6.08 Å². The van der Waals surface area contributed by atoms with Gasteiger partial charge in [0.15, 0.2) is 0 Å². The average Bonchev–Trinajstić information content (AvgIpc) is 2.69. The minimum atomic E-state index is -0.416. The van der Waals surface area contributed by atoms with Gasteiger partial charge in [-0.25, -0.2) is 0 Å². The van der Waals surface area contributed by atoms with E-state index in [1.807, 2.05) is 36.4 Å². The van der Waals surface area contributed by atoms with E-state index >= 15 is 0 Å². The molecule has 2 atom stereocenters. The third-order valence-electron chi connectivity index (χ3n) is 2.85. The molecule has 1 aliphatic rings. The molecule has 0 aromatic heterocycles. The molecule has 0 amide bonds. The zero-order chi connectivity index (χ0) is 12.3. The number of ether oxygens (including phenoxy) is 1. The maximum atomic E-state index is 11.3. The second kappa shape index (κ2) is 4.95. The van der Waals surface area contributed by atoms with Crippen molar-refractivity contribution in [3.8, 4) is 0 Å². The van der Waals surface area contributed by atoms with Crippen molar-refractivity contribution in [3.63, 3.8) is 0 Å². The van der Waals surface area contributed by atoms with Gasteiger partial charge in [-0.1, -0.05) is 36.4 Å². The van der Waals surface area contributed by atoms with Crippen molar-refractivity contribution < 1.29 is 14.3 Å². The molecule has 0 saturated carbocycles. The number of hydrogen-bond acceptors (Lipinski definition) is 3. The Hall–Kier alpha value is -1.90. The van der Waals surface area contributed by atoms with Crippen LogP contribution in [0.5, 0.6) is 0 Å². The molecule has 2 rings (SSSR count). The summed E-state index contributed by atoms with van der Waals surface area (Å²) in [6, 6.07) is 9.71. The summed E-state index contributed by atoms with van der Waals surface area (Å²) < 4.78 is 5.11. The third-order valence-corrected chi connectivity index (χ3v) is 2.85. The van der Waals surface area contributed by atoms with E-state index in [-0.39, 0.29) is 24.1 Å². The van der Waals surface area contributed by atoms with Crippen LogP contribution in [-0.4, -0.2) is 17.9 Å². The summed E-state index contributed by atoms with van der Waals surface area (Å²) in [6.07, 6.45) is 3.44. The molecule has 3 heteroatoms. The van der Waals surface area contributed by atoms with Crippen LogP contribution in [0.15, 0.2) is 36.4 Å². The van der Waals surface area contributed by atoms with Crippen LogP contribution in [-0.2, 0) is 14.3 Å². The Morgan fingerprint density at radius 2 is 2.06 bits per heavy atom. The van der Waals surface area contributed by atoms with E-state index in [9.17, 15) is 9.59 Å². The van der Waals surface area contributed by atoms with Gasteiger partial charge in [-0.2, -0.15) is 0 Å². The molecule has 0 N–H and O–H groups in total. The van der Waals surface area contributed by atoms with Crippen LogP contribution < -0.4 is 0 Å². The molecular formula is C14H14O3. The fourth-order valence-electron chi connectivity index (χ4n) is 1.90. The van der Waals surface area contributed by atoms with Gasteiger partial charge in [0.25, 0.3) is 0 Å². The molecule has 0 unspecified atom stereocenters. The lowest BCUT2D eigenvalue weighted by Crippen LogP contribution is -2.19. The number of cyclic esters (lactones) is 1. The molecule has 1 aromatic rings. The number of hydrogen-bond donors (Lipinski definition) is 0. The molecule has 88 valence electrons. The Kier molecular flexibility index (Phi) is 3.38. The summed E-state index contributed by atoms with van der Waals surface area (Å²) in [5.41, 5.74) is 1.03. The van der Waals surface area contributed by atoms with E-state index in [0.717, 1.165) is 5.56 Å². The third kappa shape index (κ3) is 2.81. The largest absolute Gasteiger partial charge is 0.457 e. The van der Waals surface area contributed by atoms with Crippen molar-refractivity contribution >= 4 is 17.8 Å². The number of rotatable bonds is 3. The maximum Gasteiger partial charge on any atom is 0.307 e. The van der Waals surface area contributed by atoms with E-state index < -0.39 is 6.10 Å². The van der Waals surface area contributed by atoms with Gasteiger partial charge in [0.2, 0.25) is 0 Å². The van der Waals surface area contributed by atoms with Crippen molar-refractivity contribution in [1.82, 2.24) is 0 Å². The molecule has 1 fully saturated rings. The van der Waals surface area contributed by atoms with Crippen molar-refractivity contribution in [2.24, 2.45) is 5.92 Å². The highest BCUT2D eigenvalue weighted by atomic mass is 16.5. The van der Waals surface area contributed by atoms with E-state index in [1.165, 1.54) is 6.92 Å². The van der Waals surface area contributed by atoms with Crippen LogP contribution in [0.4, 0.5) is 0 Å². The number of carbonyl (C=O) groups is 2. The number of Topliss-reactive ketones (excluding diaryl/α,β-unsaturated/α-hetero) is 1. The molecule has 1 heterocycles. The second-order valence-corrected chi connectivity index (χ2v) is 4.15. The molecule has 0 aliphatic carbocycles. The number of benzene rings is 1. The molecule has 0 spiro atoms. The number of carbonyl (C=O) groups excluding carboxylic acids is 2. The molecule has 0 bridgehead atoms. The summed E-state index contributed by atoms with van der Waals surface area (Å²) in [5.74, 6) is -0.631. The Balaban J connectivity index is 2.10. The Bertz CT molecular complexity index is 448. The van der Waals surface area contributed by atoms with Crippen LogP contribution in [0.1, 0.15) is 18.9 Å². The first-order valence-corrected chi connectivity index (χ1v) is 5.60. The predicted octanol–water partition coefficient (Wildman–Crippen LogP) is 2.22. The minimum absolute atomic E-state index is 0.00133. The van der Waals surface area contributed by atoms with Crippen LogP contribution in [0.3, 0.4) is 0 Å². The second-order valence-electron chi connectivity index (χ2n) is 4.15. The van der Waals surface area contributed by atoms with Gasteiger partial charge in [-0.15, -0.1) is 0 Å². The van der Waals surface area contributed by atoms with Gasteiger partial charge in [0.1, 0.15) is 11.9 Å². The lowest BCUT2D eigenvalue weighted by atomic mass is 9.96. The SMILES string of the molecule is CC(=O)[C@@H]1CC(=O)O[C@H]1/C=C/c1ccccc1. The van der Waals surface area contributed by atoms with Gasteiger partial charge in [0.05, 0.1) is 12.3 Å². The van der Waals surface area contributed by atoms with Crippen LogP contribution in [0.2, 0.25) is 0 Å². The van der Waals surface area contributed by atoms with Gasteiger partial charge in [0, 0.05) is 0 Å². The van der Waals surface area contributed by atoms with Crippen molar-refractivity contribution in [1.29, 1.82) is 0 Å². The smallest absolute Gasteiger partial charge is 0.307 e. The Morgan fingerprint density at radius 1 is 1.35 bits per heavy atom. The molecule has 1 saturated heterocycles. The predicted molar refractivity (Wildman–Crippen MR) is 64.1 cm³/mol. The lowest BCUT2D eigenvalue weighted by molar-refractivity contribution is -0.140. The van der Waals surface area contributed by atoms with E-state index in [4.69, 9.17) is 4.74 Å². The van der Waals surface area contributed by atoms with E-state index in [2.05, 4.69) is 0 Å². The zero-order valence-corrected chi connectivity index (χ0v) is 9.63. The standard InChI is InChI=1S/C14H14O3/c1-10(15)12-9-14(16)17-13(12)8-7-11-5-3-2-4-6-11/h2-8,12-13H,9H2,1H3/b8-7+/t12-,13-/m0/s1. The highest BCUT2D eigenvalue weighted by Gasteiger charge is 2.35. The van der Waals surface area contributed by atoms with Crippen LogP contribution >= 0.6 is 0 Å². The lowest BCUT2D eigenvalue weighted by Gasteiger charge is -2.09. The summed E-state index contributed by atoms with van der Waals surface area (Å²) in [6.45, 7) is 1.50. The minimum Gasteiger partial charge on any atom is -0.457 e. The van der Waals surface area contributed by atoms with Crippen molar-refractivity contribution in [3.05, 3.63) is 42.0 Å². The molecule has 1 aliphatic heterocycles. The first kappa shape index (κ1) is 11.6. The van der Waals surface area contributed by atoms with E-state index in [1.54, 1.807) is 6.08 Å². The number of esters is 1. The molecule has 17 heavy (non-hydrogen) atoms. The summed E-state index contributed by atoms with van der Waals surface area (Å²) >= 11 is 0. The topological polar surface area (TPSA) is 43.4 Å². The van der Waals surface area contributed by atoms with Gasteiger partial charge < -0.3 is 4.74 Å². The molecule has 0 radical (unpaired) electrons. The first-order chi connectivity index (χ1) is 8.16. The quantitative estimate of drug-likeness (QED) is 0.748. The van der Waals surface area contributed by atoms with Crippen molar-refractivity contribution in [2.75, 3.05) is 0 Å². The van der Waals surface area contributed by atoms with Gasteiger partial charge in [-0.05, 0) is 18.6 Å². The molecular weight excluding hydrogens is 216 g/mol. The first-order valence-electron chi connectivity index (χ1n) is 5.60. The summed E-state index contributed by atoms with van der Waals surface area (Å²) in [4.78, 5) is 22.5. The number of ketones is 1. The summed E-state index contributed by atoms with van der Waals surface area (Å²) in [7, 11) is 0. The van der Waals surface area contributed by atoms with E-state index in [0.29, 0.717) is 0 Å². The Labute approximate surface area is 100 Å². The monoisotopic (exact) mass is 230 g/mol. The highest BCUT2D eigenvalue weighted by molar-refractivity contribution is 5.87. The van der Waals surface area contributed by atoms with Crippen LogP contribution in [0, 0.1) is 5.92 Å². The zero-order valence-electron chi connectivity index (χ0n) is 9.63. The van der Waals surface area contributed by atoms with Gasteiger partial charge >= 0.3 is 5.97 Å². The highest BCUT2D eigenvalue weighted by Crippen LogP contribution is 2.24. The summed E-state index contributed by atoms with van der Waals surface area (Å²) in [5, 5.41) is 0. The fourth-order valence-corrected chi connectivity index (χ4v) is 1.90. The maximum absolute atomic E-state index is 11.3.